The van der Waals surface area contributed by atoms with Gasteiger partial charge >= 0.3 is 5.97 Å². The molecule has 3 aromatic rings. The second kappa shape index (κ2) is 7.87. The maximum Gasteiger partial charge on any atom is 0.340 e. The minimum absolute atomic E-state index is 0.387. The fourth-order valence-corrected chi connectivity index (χ4v) is 3.53. The standard InChI is InChI=1S/C18H15N3O2S2/c1-23-17(22)14-11-15(12-5-3-2-4-6-12)25-16(14)21-18(24)20-13-7-9-19-10-8-13/h2-11H,1H3,(H2,19,20,21,24). The third-order valence-corrected chi connectivity index (χ3v) is 4.66. The highest BCUT2D eigenvalue weighted by Crippen LogP contribution is 2.35. The van der Waals surface area contributed by atoms with E-state index < -0.39 is 5.97 Å². The van der Waals surface area contributed by atoms with Crippen LogP contribution in [-0.4, -0.2) is 23.2 Å². The number of esters is 1. The van der Waals surface area contributed by atoms with Crippen LogP contribution in [0.3, 0.4) is 0 Å². The number of carbonyl (C=O) groups excluding carboxylic acids is 1. The minimum atomic E-state index is -0.410. The molecule has 25 heavy (non-hydrogen) atoms. The number of thiocarbonyl (C=S) groups is 1. The number of anilines is 2. The lowest BCUT2D eigenvalue weighted by molar-refractivity contribution is 0.0602. The lowest BCUT2D eigenvalue weighted by Gasteiger charge is -2.10. The Morgan fingerprint density at radius 3 is 2.52 bits per heavy atom. The largest absolute Gasteiger partial charge is 0.465 e. The van der Waals surface area contributed by atoms with Gasteiger partial charge in [0.2, 0.25) is 0 Å². The molecule has 0 saturated heterocycles. The van der Waals surface area contributed by atoms with Crippen LogP contribution in [-0.2, 0) is 4.74 Å². The molecule has 0 amide bonds. The average Bonchev–Trinajstić information content (AvgIpc) is 3.06. The summed E-state index contributed by atoms with van der Waals surface area (Å²) in [5.74, 6) is -0.410. The van der Waals surface area contributed by atoms with Crippen molar-refractivity contribution in [2.75, 3.05) is 17.7 Å². The number of methoxy groups -OCH3 is 1. The summed E-state index contributed by atoms with van der Waals surface area (Å²) in [5, 5.41) is 7.16. The molecule has 0 bridgehead atoms. The summed E-state index contributed by atoms with van der Waals surface area (Å²) in [4.78, 5) is 17.0. The zero-order valence-electron chi connectivity index (χ0n) is 13.4. The van der Waals surface area contributed by atoms with Crippen molar-refractivity contribution in [3.63, 3.8) is 0 Å². The zero-order valence-corrected chi connectivity index (χ0v) is 15.0. The molecule has 0 atom stereocenters. The first-order valence-corrected chi connectivity index (χ1v) is 8.65. The monoisotopic (exact) mass is 369 g/mol. The molecule has 0 spiro atoms. The topological polar surface area (TPSA) is 63.2 Å². The quantitative estimate of drug-likeness (QED) is 0.525. The van der Waals surface area contributed by atoms with Gasteiger partial charge in [-0.25, -0.2) is 4.79 Å². The number of thiophene rings is 1. The molecule has 0 aliphatic rings. The van der Waals surface area contributed by atoms with E-state index in [0.29, 0.717) is 15.7 Å². The van der Waals surface area contributed by atoms with Gasteiger partial charge in [-0.2, -0.15) is 0 Å². The van der Waals surface area contributed by atoms with E-state index >= 15 is 0 Å². The smallest absolute Gasteiger partial charge is 0.340 e. The van der Waals surface area contributed by atoms with Gasteiger partial charge in [0.05, 0.1) is 12.7 Å². The van der Waals surface area contributed by atoms with E-state index in [4.69, 9.17) is 17.0 Å². The van der Waals surface area contributed by atoms with E-state index in [1.54, 1.807) is 24.5 Å². The number of benzene rings is 1. The molecule has 2 N–H and O–H groups in total. The number of rotatable bonds is 4. The number of nitrogens with zero attached hydrogens (tertiary/aromatic N) is 1. The van der Waals surface area contributed by atoms with Gasteiger partial charge in [-0.05, 0) is 36.0 Å². The Bertz CT molecular complexity index is 880. The maximum atomic E-state index is 12.1. The van der Waals surface area contributed by atoms with Crippen LogP contribution in [0.15, 0.2) is 60.9 Å². The summed E-state index contributed by atoms with van der Waals surface area (Å²) in [6.07, 6.45) is 3.34. The van der Waals surface area contributed by atoms with E-state index in [1.165, 1.54) is 18.4 Å². The van der Waals surface area contributed by atoms with Crippen molar-refractivity contribution >= 4 is 45.3 Å². The second-order valence-electron chi connectivity index (χ2n) is 5.03. The summed E-state index contributed by atoms with van der Waals surface area (Å²) in [7, 11) is 1.36. The fraction of sp³-hybridized carbons (Fsp3) is 0.0556. The number of hydrogen-bond acceptors (Lipinski definition) is 5. The molecular formula is C18H15N3O2S2. The van der Waals surface area contributed by atoms with E-state index in [9.17, 15) is 4.79 Å². The molecule has 0 saturated carbocycles. The Kier molecular flexibility index (Phi) is 5.37. The zero-order chi connectivity index (χ0) is 17.6. The summed E-state index contributed by atoms with van der Waals surface area (Å²) in [6, 6.07) is 15.3. The normalized spacial score (nSPS) is 10.1. The third kappa shape index (κ3) is 4.20. The second-order valence-corrected chi connectivity index (χ2v) is 6.49. The number of nitrogens with one attached hydrogen (secondary N) is 2. The van der Waals surface area contributed by atoms with Crippen LogP contribution in [0.1, 0.15) is 10.4 Å². The summed E-state index contributed by atoms with van der Waals surface area (Å²) in [5.41, 5.74) is 2.29. The van der Waals surface area contributed by atoms with Crippen LogP contribution >= 0.6 is 23.6 Å². The Morgan fingerprint density at radius 2 is 1.84 bits per heavy atom. The highest BCUT2D eigenvalue weighted by Gasteiger charge is 2.18. The lowest BCUT2D eigenvalue weighted by atomic mass is 10.1. The molecule has 0 unspecified atom stereocenters. The Labute approximate surface area is 154 Å². The van der Waals surface area contributed by atoms with E-state index in [1.807, 2.05) is 36.4 Å². The molecule has 7 heteroatoms. The van der Waals surface area contributed by atoms with Gasteiger partial charge in [0.15, 0.2) is 5.11 Å². The van der Waals surface area contributed by atoms with E-state index in [-0.39, 0.29) is 0 Å². The highest BCUT2D eigenvalue weighted by molar-refractivity contribution is 7.80. The van der Waals surface area contributed by atoms with Gasteiger partial charge in [-0.3, -0.25) is 4.98 Å². The molecule has 1 aromatic carbocycles. The number of carbonyl (C=O) groups is 1. The van der Waals surface area contributed by atoms with Crippen LogP contribution in [0.2, 0.25) is 0 Å². The maximum absolute atomic E-state index is 12.1. The molecule has 0 fully saturated rings. The Hall–Kier alpha value is -2.77. The van der Waals surface area contributed by atoms with Crippen molar-refractivity contribution in [1.82, 2.24) is 4.98 Å². The van der Waals surface area contributed by atoms with Gasteiger partial charge in [0, 0.05) is 23.0 Å². The molecule has 3 rings (SSSR count). The predicted octanol–water partition coefficient (Wildman–Crippen LogP) is 4.41. The van der Waals surface area contributed by atoms with E-state index in [0.717, 1.165) is 16.1 Å². The van der Waals surface area contributed by atoms with Gasteiger partial charge in [0.1, 0.15) is 5.00 Å². The van der Waals surface area contributed by atoms with Crippen molar-refractivity contribution in [1.29, 1.82) is 0 Å². The van der Waals surface area contributed by atoms with Gasteiger partial charge < -0.3 is 15.4 Å². The predicted molar refractivity (Wildman–Crippen MR) is 105 cm³/mol. The molecule has 2 aromatic heterocycles. The molecule has 5 nitrogen and oxygen atoms in total. The van der Waals surface area contributed by atoms with Crippen molar-refractivity contribution in [3.05, 3.63) is 66.5 Å². The van der Waals surface area contributed by atoms with Gasteiger partial charge in [-0.1, -0.05) is 30.3 Å². The first-order chi connectivity index (χ1) is 12.2. The first kappa shape index (κ1) is 17.1. The SMILES string of the molecule is COC(=O)c1cc(-c2ccccc2)sc1NC(=S)Nc1ccncc1. The highest BCUT2D eigenvalue weighted by atomic mass is 32.1. The first-order valence-electron chi connectivity index (χ1n) is 7.43. The van der Waals surface area contributed by atoms with Crippen LogP contribution in [0.5, 0.6) is 0 Å². The van der Waals surface area contributed by atoms with Crippen LogP contribution in [0.4, 0.5) is 10.7 Å². The summed E-state index contributed by atoms with van der Waals surface area (Å²) < 4.78 is 4.88. The summed E-state index contributed by atoms with van der Waals surface area (Å²) >= 11 is 6.78. The number of pyridine rings is 1. The van der Waals surface area contributed by atoms with Crippen LogP contribution < -0.4 is 10.6 Å². The van der Waals surface area contributed by atoms with Crippen LogP contribution in [0.25, 0.3) is 10.4 Å². The average molecular weight is 369 g/mol. The summed E-state index contributed by atoms with van der Waals surface area (Å²) in [6.45, 7) is 0. The van der Waals surface area contributed by atoms with Crippen molar-refractivity contribution in [3.8, 4) is 10.4 Å². The third-order valence-electron chi connectivity index (χ3n) is 3.36. The fourth-order valence-electron chi connectivity index (χ4n) is 2.19. The molecule has 2 heterocycles. The number of hydrogen-bond donors (Lipinski definition) is 2. The lowest BCUT2D eigenvalue weighted by Crippen LogP contribution is -2.19. The minimum Gasteiger partial charge on any atom is -0.465 e. The Balaban J connectivity index is 1.85. The van der Waals surface area contributed by atoms with E-state index in [2.05, 4.69) is 15.6 Å². The van der Waals surface area contributed by atoms with Crippen molar-refractivity contribution in [2.24, 2.45) is 0 Å². The molecule has 0 aliphatic heterocycles. The molecular weight excluding hydrogens is 354 g/mol. The molecule has 126 valence electrons. The number of ether oxygens (including phenoxy) is 1. The van der Waals surface area contributed by atoms with Gasteiger partial charge in [0.25, 0.3) is 0 Å². The van der Waals surface area contributed by atoms with Gasteiger partial charge in [-0.15, -0.1) is 11.3 Å². The van der Waals surface area contributed by atoms with Crippen molar-refractivity contribution < 1.29 is 9.53 Å². The van der Waals surface area contributed by atoms with Crippen molar-refractivity contribution in [2.45, 2.75) is 0 Å². The molecule has 0 aliphatic carbocycles. The Morgan fingerprint density at radius 1 is 1.12 bits per heavy atom. The van der Waals surface area contributed by atoms with Crippen LogP contribution in [0, 0.1) is 0 Å². The number of aromatic nitrogens is 1. The molecule has 0 radical (unpaired) electrons.